The van der Waals surface area contributed by atoms with E-state index in [0.29, 0.717) is 6.54 Å². The number of oxazole rings is 1. The summed E-state index contributed by atoms with van der Waals surface area (Å²) in [6.45, 7) is 7.60. The van der Waals surface area contributed by atoms with E-state index in [9.17, 15) is 0 Å². The lowest BCUT2D eigenvalue weighted by atomic mass is 10.3. The number of hydrogen-bond donors (Lipinski definition) is 1. The predicted molar refractivity (Wildman–Crippen MR) is 65.6 cm³/mol. The molecule has 0 aliphatic heterocycles. The Morgan fingerprint density at radius 1 is 1.31 bits per heavy atom. The van der Waals surface area contributed by atoms with Crippen LogP contribution in [-0.2, 0) is 13.1 Å². The van der Waals surface area contributed by atoms with Crippen molar-refractivity contribution in [2.75, 3.05) is 0 Å². The largest absolute Gasteiger partial charge is 0.444 e. The van der Waals surface area contributed by atoms with Gasteiger partial charge in [-0.05, 0) is 37.8 Å². The minimum absolute atomic E-state index is 0.687. The van der Waals surface area contributed by atoms with E-state index in [2.05, 4.69) is 28.7 Å². The van der Waals surface area contributed by atoms with E-state index in [4.69, 9.17) is 4.42 Å². The summed E-state index contributed by atoms with van der Waals surface area (Å²) in [6.07, 6.45) is 0. The monoisotopic (exact) mass is 236 g/mol. The Kier molecular flexibility index (Phi) is 3.41. The molecule has 0 aliphatic carbocycles. The van der Waals surface area contributed by atoms with Gasteiger partial charge in [0.2, 0.25) is 5.89 Å². The second-order valence-electron chi connectivity index (χ2n) is 3.88. The topological polar surface area (TPSA) is 38.1 Å². The minimum Gasteiger partial charge on any atom is -0.444 e. The van der Waals surface area contributed by atoms with Crippen molar-refractivity contribution in [1.82, 2.24) is 10.3 Å². The van der Waals surface area contributed by atoms with E-state index < -0.39 is 0 Å². The molecular formula is C12H16N2OS. The number of nitrogens with zero attached hydrogens (tertiary/aromatic N) is 1. The summed E-state index contributed by atoms with van der Waals surface area (Å²) in [4.78, 5) is 5.70. The Balaban J connectivity index is 1.87. The third-order valence-electron chi connectivity index (χ3n) is 2.60. The van der Waals surface area contributed by atoms with Crippen molar-refractivity contribution in [2.24, 2.45) is 0 Å². The summed E-state index contributed by atoms with van der Waals surface area (Å²) in [6, 6.07) is 2.14. The molecule has 0 atom stereocenters. The summed E-state index contributed by atoms with van der Waals surface area (Å²) >= 11 is 1.78. The Morgan fingerprint density at radius 3 is 2.69 bits per heavy atom. The molecule has 16 heavy (non-hydrogen) atoms. The van der Waals surface area contributed by atoms with Crippen LogP contribution in [0.4, 0.5) is 0 Å². The van der Waals surface area contributed by atoms with Crippen molar-refractivity contribution in [3.05, 3.63) is 39.2 Å². The van der Waals surface area contributed by atoms with Gasteiger partial charge in [-0.1, -0.05) is 0 Å². The number of aromatic nitrogens is 1. The molecule has 1 N–H and O–H groups in total. The molecule has 0 unspecified atom stereocenters. The zero-order valence-corrected chi connectivity index (χ0v) is 10.6. The molecule has 2 heterocycles. The molecule has 2 rings (SSSR count). The van der Waals surface area contributed by atoms with Crippen LogP contribution in [0.3, 0.4) is 0 Å². The normalized spacial score (nSPS) is 10.9. The van der Waals surface area contributed by atoms with Crippen molar-refractivity contribution >= 4 is 11.3 Å². The van der Waals surface area contributed by atoms with Crippen LogP contribution in [-0.4, -0.2) is 4.98 Å². The number of nitrogens with one attached hydrogen (secondary N) is 1. The van der Waals surface area contributed by atoms with Gasteiger partial charge in [0.25, 0.3) is 0 Å². The van der Waals surface area contributed by atoms with Gasteiger partial charge in [0.05, 0.1) is 12.2 Å². The molecule has 0 saturated heterocycles. The first kappa shape index (κ1) is 11.4. The van der Waals surface area contributed by atoms with Crippen LogP contribution in [0.1, 0.15) is 27.8 Å². The molecule has 3 nitrogen and oxygen atoms in total. The minimum atomic E-state index is 0.687. The fourth-order valence-corrected chi connectivity index (χ4v) is 2.36. The maximum absolute atomic E-state index is 5.49. The Hall–Kier alpha value is -1.13. The summed E-state index contributed by atoms with van der Waals surface area (Å²) in [7, 11) is 0. The highest BCUT2D eigenvalue weighted by molar-refractivity contribution is 7.10. The van der Waals surface area contributed by atoms with Gasteiger partial charge < -0.3 is 9.73 Å². The molecule has 0 aromatic carbocycles. The SMILES string of the molecule is Cc1ccsc1CNCc1nc(C)c(C)o1. The highest BCUT2D eigenvalue weighted by atomic mass is 32.1. The van der Waals surface area contributed by atoms with Gasteiger partial charge in [0.1, 0.15) is 5.76 Å². The van der Waals surface area contributed by atoms with Gasteiger partial charge in [-0.3, -0.25) is 0 Å². The zero-order valence-electron chi connectivity index (χ0n) is 9.83. The molecule has 0 bridgehead atoms. The van der Waals surface area contributed by atoms with E-state index >= 15 is 0 Å². The molecule has 2 aromatic rings. The highest BCUT2D eigenvalue weighted by Gasteiger charge is 2.05. The summed E-state index contributed by atoms with van der Waals surface area (Å²) < 4.78 is 5.49. The van der Waals surface area contributed by atoms with Crippen molar-refractivity contribution in [3.63, 3.8) is 0 Å². The number of aryl methyl sites for hydroxylation is 3. The van der Waals surface area contributed by atoms with Gasteiger partial charge >= 0.3 is 0 Å². The van der Waals surface area contributed by atoms with E-state index in [0.717, 1.165) is 23.9 Å². The van der Waals surface area contributed by atoms with Crippen LogP contribution in [0.15, 0.2) is 15.9 Å². The van der Waals surface area contributed by atoms with Crippen LogP contribution < -0.4 is 5.32 Å². The zero-order chi connectivity index (χ0) is 11.5. The highest BCUT2D eigenvalue weighted by Crippen LogP contribution is 2.15. The third kappa shape index (κ3) is 2.51. The van der Waals surface area contributed by atoms with Crippen LogP contribution in [0.25, 0.3) is 0 Å². The van der Waals surface area contributed by atoms with Crippen LogP contribution >= 0.6 is 11.3 Å². The molecule has 0 fully saturated rings. The van der Waals surface area contributed by atoms with Crippen molar-refractivity contribution < 1.29 is 4.42 Å². The number of hydrogen-bond acceptors (Lipinski definition) is 4. The fraction of sp³-hybridized carbons (Fsp3) is 0.417. The molecule has 0 radical (unpaired) electrons. The smallest absolute Gasteiger partial charge is 0.208 e. The third-order valence-corrected chi connectivity index (χ3v) is 3.63. The molecule has 0 saturated carbocycles. The fourth-order valence-electron chi connectivity index (χ4n) is 1.48. The van der Waals surface area contributed by atoms with Crippen LogP contribution in [0.5, 0.6) is 0 Å². The van der Waals surface area contributed by atoms with Gasteiger partial charge in [0, 0.05) is 11.4 Å². The maximum Gasteiger partial charge on any atom is 0.208 e. The van der Waals surface area contributed by atoms with Crippen molar-refractivity contribution in [3.8, 4) is 0 Å². The van der Waals surface area contributed by atoms with Gasteiger partial charge in [-0.15, -0.1) is 11.3 Å². The predicted octanol–water partition coefficient (Wildman–Crippen LogP) is 2.95. The molecule has 4 heteroatoms. The summed E-state index contributed by atoms with van der Waals surface area (Å²) in [5, 5.41) is 5.46. The molecule has 0 aliphatic rings. The van der Waals surface area contributed by atoms with E-state index in [-0.39, 0.29) is 0 Å². The quantitative estimate of drug-likeness (QED) is 0.887. The second kappa shape index (κ2) is 4.80. The van der Waals surface area contributed by atoms with Crippen molar-refractivity contribution in [2.45, 2.75) is 33.9 Å². The first-order chi connectivity index (χ1) is 7.66. The molecule has 86 valence electrons. The Bertz CT molecular complexity index is 454. The second-order valence-corrected chi connectivity index (χ2v) is 4.88. The first-order valence-electron chi connectivity index (χ1n) is 5.33. The lowest BCUT2D eigenvalue weighted by Crippen LogP contribution is -2.12. The molecule has 2 aromatic heterocycles. The summed E-state index contributed by atoms with van der Waals surface area (Å²) in [5.41, 5.74) is 2.32. The number of thiophene rings is 1. The number of rotatable bonds is 4. The van der Waals surface area contributed by atoms with Gasteiger partial charge in [-0.25, -0.2) is 4.98 Å². The van der Waals surface area contributed by atoms with E-state index in [1.54, 1.807) is 11.3 Å². The first-order valence-corrected chi connectivity index (χ1v) is 6.21. The van der Waals surface area contributed by atoms with Gasteiger partial charge in [0.15, 0.2) is 0 Å². The van der Waals surface area contributed by atoms with Crippen molar-refractivity contribution in [1.29, 1.82) is 0 Å². The lowest BCUT2D eigenvalue weighted by molar-refractivity contribution is 0.449. The lowest BCUT2D eigenvalue weighted by Gasteiger charge is -2.00. The standard InChI is InChI=1S/C12H16N2OS/c1-8-4-5-16-11(8)6-13-7-12-14-9(2)10(3)15-12/h4-5,13H,6-7H2,1-3H3. The molecule has 0 amide bonds. The maximum atomic E-state index is 5.49. The molecule has 0 spiro atoms. The Morgan fingerprint density at radius 2 is 2.12 bits per heavy atom. The van der Waals surface area contributed by atoms with E-state index in [1.165, 1.54) is 10.4 Å². The van der Waals surface area contributed by atoms with Gasteiger partial charge in [-0.2, -0.15) is 0 Å². The molecular weight excluding hydrogens is 220 g/mol. The summed E-state index contributed by atoms with van der Waals surface area (Å²) in [5.74, 6) is 1.67. The Labute approximate surface area is 99.5 Å². The van der Waals surface area contributed by atoms with Crippen LogP contribution in [0.2, 0.25) is 0 Å². The van der Waals surface area contributed by atoms with Crippen LogP contribution in [0, 0.1) is 20.8 Å². The average Bonchev–Trinajstić information content (AvgIpc) is 2.76. The van der Waals surface area contributed by atoms with E-state index in [1.807, 2.05) is 13.8 Å². The average molecular weight is 236 g/mol.